The molecule has 0 heterocycles. The Morgan fingerprint density at radius 1 is 1.10 bits per heavy atom. The van der Waals surface area contributed by atoms with Crippen molar-refractivity contribution in [3.63, 3.8) is 0 Å². The van der Waals surface area contributed by atoms with Gasteiger partial charge in [0.2, 0.25) is 11.8 Å². The van der Waals surface area contributed by atoms with Crippen LogP contribution >= 0.6 is 0 Å². The number of benzene rings is 1. The summed E-state index contributed by atoms with van der Waals surface area (Å²) in [6.07, 6.45) is 3.11. The summed E-state index contributed by atoms with van der Waals surface area (Å²) < 4.78 is 13.5. The Morgan fingerprint density at radius 2 is 1.71 bits per heavy atom. The van der Waals surface area contributed by atoms with Crippen molar-refractivity contribution in [2.45, 2.75) is 26.7 Å². The zero-order valence-electron chi connectivity index (χ0n) is 12.4. The Bertz CT molecular complexity index is 527. The molecule has 1 rings (SSSR count). The maximum atomic E-state index is 13.5. The van der Waals surface area contributed by atoms with E-state index in [0.29, 0.717) is 24.2 Å². The molecule has 0 radical (unpaired) electrons. The highest BCUT2D eigenvalue weighted by molar-refractivity contribution is 5.97. The minimum absolute atomic E-state index is 0.0531. The fourth-order valence-corrected chi connectivity index (χ4v) is 1.75. The van der Waals surface area contributed by atoms with Crippen LogP contribution < -0.4 is 10.6 Å². The minimum Gasteiger partial charge on any atom is -0.356 e. The molecular formula is C16H21FN2O2. The minimum atomic E-state index is -0.347. The van der Waals surface area contributed by atoms with E-state index < -0.39 is 0 Å². The van der Waals surface area contributed by atoms with Crippen molar-refractivity contribution < 1.29 is 14.0 Å². The summed E-state index contributed by atoms with van der Waals surface area (Å²) in [5.41, 5.74) is 0.859. The van der Waals surface area contributed by atoms with E-state index >= 15 is 0 Å². The largest absolute Gasteiger partial charge is 0.356 e. The molecule has 0 saturated carbocycles. The average Bonchev–Trinajstić information content (AvgIpc) is 2.44. The molecule has 1 aromatic carbocycles. The van der Waals surface area contributed by atoms with E-state index in [1.165, 1.54) is 19.1 Å². The van der Waals surface area contributed by atoms with Gasteiger partial charge in [-0.3, -0.25) is 9.59 Å². The molecule has 1 aromatic rings. The number of hydrogen-bond acceptors (Lipinski definition) is 2. The highest BCUT2D eigenvalue weighted by Crippen LogP contribution is 2.11. The van der Waals surface area contributed by atoms with Gasteiger partial charge in [-0.2, -0.15) is 0 Å². The summed E-state index contributed by atoms with van der Waals surface area (Å²) in [7, 11) is 0. The van der Waals surface area contributed by atoms with E-state index in [9.17, 15) is 14.0 Å². The molecule has 0 aliphatic rings. The van der Waals surface area contributed by atoms with Crippen LogP contribution in [0, 0.1) is 5.82 Å². The Labute approximate surface area is 124 Å². The zero-order chi connectivity index (χ0) is 15.7. The molecule has 0 atom stereocenters. The van der Waals surface area contributed by atoms with E-state index in [1.54, 1.807) is 25.1 Å². The van der Waals surface area contributed by atoms with Crippen molar-refractivity contribution in [2.75, 3.05) is 13.1 Å². The molecule has 0 fully saturated rings. The van der Waals surface area contributed by atoms with Crippen LogP contribution in [-0.4, -0.2) is 24.9 Å². The van der Waals surface area contributed by atoms with Gasteiger partial charge in [-0.25, -0.2) is 4.39 Å². The maximum Gasteiger partial charge on any atom is 0.246 e. The lowest BCUT2D eigenvalue weighted by atomic mass is 10.1. The Kier molecular flexibility index (Phi) is 7.15. The molecule has 5 heteroatoms. The fourth-order valence-electron chi connectivity index (χ4n) is 1.75. The highest BCUT2D eigenvalue weighted by atomic mass is 19.1. The van der Waals surface area contributed by atoms with Crippen LogP contribution in [0.2, 0.25) is 0 Å². The van der Waals surface area contributed by atoms with Crippen molar-refractivity contribution in [3.8, 4) is 0 Å². The first-order valence-corrected chi connectivity index (χ1v) is 6.96. The van der Waals surface area contributed by atoms with Gasteiger partial charge in [-0.15, -0.1) is 0 Å². The standard InChI is InChI=1S/C16H21FN2O2/c1-12(11-14-7-3-4-8-15(14)17)16(21)19-10-6-5-9-18-13(2)20/h3-4,7-8,11H,5-6,9-10H2,1-2H3,(H,18,20)(H,19,21)/b12-11+. The van der Waals surface area contributed by atoms with Gasteiger partial charge in [0, 0.05) is 31.1 Å². The summed E-state index contributed by atoms with van der Waals surface area (Å²) in [6.45, 7) is 4.26. The van der Waals surface area contributed by atoms with Gasteiger partial charge in [0.1, 0.15) is 5.82 Å². The summed E-state index contributed by atoms with van der Waals surface area (Å²) in [5, 5.41) is 5.46. The van der Waals surface area contributed by atoms with Gasteiger partial charge < -0.3 is 10.6 Å². The second kappa shape index (κ2) is 8.89. The van der Waals surface area contributed by atoms with Crippen LogP contribution in [0.25, 0.3) is 6.08 Å². The third-order valence-electron chi connectivity index (χ3n) is 2.90. The van der Waals surface area contributed by atoms with Crippen LogP contribution in [0.3, 0.4) is 0 Å². The van der Waals surface area contributed by atoms with Gasteiger partial charge in [0.15, 0.2) is 0 Å². The molecule has 0 saturated heterocycles. The fraction of sp³-hybridized carbons (Fsp3) is 0.375. The molecular weight excluding hydrogens is 271 g/mol. The van der Waals surface area contributed by atoms with E-state index in [2.05, 4.69) is 10.6 Å². The number of carbonyl (C=O) groups excluding carboxylic acids is 2. The maximum absolute atomic E-state index is 13.5. The SMILES string of the molecule is CC(=O)NCCCCNC(=O)/C(C)=C/c1ccccc1F. The quantitative estimate of drug-likeness (QED) is 0.598. The highest BCUT2D eigenvalue weighted by Gasteiger charge is 2.05. The second-order valence-corrected chi connectivity index (χ2v) is 4.79. The van der Waals surface area contributed by atoms with Crippen molar-refractivity contribution >= 4 is 17.9 Å². The number of nitrogens with one attached hydrogen (secondary N) is 2. The number of carbonyl (C=O) groups is 2. The van der Waals surface area contributed by atoms with E-state index in [0.717, 1.165) is 12.8 Å². The summed E-state index contributed by atoms with van der Waals surface area (Å²) >= 11 is 0. The number of hydrogen-bond donors (Lipinski definition) is 2. The number of rotatable bonds is 7. The number of halogens is 1. The first-order chi connectivity index (χ1) is 10.0. The van der Waals surface area contributed by atoms with Crippen molar-refractivity contribution in [3.05, 3.63) is 41.2 Å². The third-order valence-corrected chi connectivity index (χ3v) is 2.90. The summed E-state index contributed by atoms with van der Waals surface area (Å²) in [5.74, 6) is -0.611. The number of unbranched alkanes of at least 4 members (excludes halogenated alkanes) is 1. The molecule has 0 spiro atoms. The molecule has 2 amide bonds. The Morgan fingerprint density at radius 3 is 2.33 bits per heavy atom. The third kappa shape index (κ3) is 6.70. The van der Waals surface area contributed by atoms with Crippen molar-refractivity contribution in [1.82, 2.24) is 10.6 Å². The summed E-state index contributed by atoms with van der Waals surface area (Å²) in [4.78, 5) is 22.5. The Hall–Kier alpha value is -2.17. The zero-order valence-corrected chi connectivity index (χ0v) is 12.4. The lowest BCUT2D eigenvalue weighted by Crippen LogP contribution is -2.26. The normalized spacial score (nSPS) is 11.1. The molecule has 0 unspecified atom stereocenters. The van der Waals surface area contributed by atoms with Gasteiger partial charge in [-0.1, -0.05) is 18.2 Å². The van der Waals surface area contributed by atoms with Gasteiger partial charge >= 0.3 is 0 Å². The van der Waals surface area contributed by atoms with E-state index in [4.69, 9.17) is 0 Å². The molecule has 21 heavy (non-hydrogen) atoms. The second-order valence-electron chi connectivity index (χ2n) is 4.79. The van der Waals surface area contributed by atoms with Crippen LogP contribution in [0.5, 0.6) is 0 Å². The molecule has 0 aliphatic carbocycles. The predicted octanol–water partition coefficient (Wildman–Crippen LogP) is 2.26. The summed E-state index contributed by atoms with van der Waals surface area (Å²) in [6, 6.07) is 6.32. The molecule has 4 nitrogen and oxygen atoms in total. The van der Waals surface area contributed by atoms with Crippen LogP contribution in [0.1, 0.15) is 32.3 Å². The van der Waals surface area contributed by atoms with Gasteiger partial charge in [0.05, 0.1) is 0 Å². The van der Waals surface area contributed by atoms with Crippen molar-refractivity contribution in [1.29, 1.82) is 0 Å². The lowest BCUT2D eigenvalue weighted by Gasteiger charge is -2.06. The van der Waals surface area contributed by atoms with E-state index in [-0.39, 0.29) is 17.6 Å². The molecule has 114 valence electrons. The Balaban J connectivity index is 2.35. The number of amides is 2. The van der Waals surface area contributed by atoms with Gasteiger partial charge in [-0.05, 0) is 31.9 Å². The molecule has 0 bridgehead atoms. The molecule has 0 aliphatic heterocycles. The van der Waals surface area contributed by atoms with Crippen LogP contribution in [0.15, 0.2) is 29.8 Å². The van der Waals surface area contributed by atoms with Gasteiger partial charge in [0.25, 0.3) is 0 Å². The van der Waals surface area contributed by atoms with Crippen LogP contribution in [-0.2, 0) is 9.59 Å². The van der Waals surface area contributed by atoms with E-state index in [1.807, 2.05) is 0 Å². The molecule has 0 aromatic heterocycles. The average molecular weight is 292 g/mol. The smallest absolute Gasteiger partial charge is 0.246 e. The first kappa shape index (κ1) is 16.9. The predicted molar refractivity (Wildman–Crippen MR) is 81.0 cm³/mol. The topological polar surface area (TPSA) is 58.2 Å². The molecule has 2 N–H and O–H groups in total. The van der Waals surface area contributed by atoms with Crippen LogP contribution in [0.4, 0.5) is 4.39 Å². The van der Waals surface area contributed by atoms with Crippen molar-refractivity contribution in [2.24, 2.45) is 0 Å². The first-order valence-electron chi connectivity index (χ1n) is 6.96. The monoisotopic (exact) mass is 292 g/mol. The lowest BCUT2D eigenvalue weighted by molar-refractivity contribution is -0.119.